The van der Waals surface area contributed by atoms with E-state index in [1.54, 1.807) is 18.4 Å². The van der Waals surface area contributed by atoms with Crippen molar-refractivity contribution < 1.29 is 27.4 Å². The first-order valence-electron chi connectivity index (χ1n) is 7.95. The maximum atomic E-state index is 12.1. The summed E-state index contributed by atoms with van der Waals surface area (Å²) in [6.07, 6.45) is -4.11. The molecule has 27 heavy (non-hydrogen) atoms. The van der Waals surface area contributed by atoms with Crippen LogP contribution in [0, 0.1) is 0 Å². The highest BCUT2D eigenvalue weighted by atomic mass is 127. The summed E-state index contributed by atoms with van der Waals surface area (Å²) in [5, 5.41) is 16.2. The number of hydrogen-bond acceptors (Lipinski definition) is 4. The standard InChI is InChI=1S/C17H20F3N3O3.HI/c1-2-21-16(22-10-14-4-3-9-25-14)23-11-15(24)12-5-7-13(8-6-12)26-17(18,19)20;/h3-9,15,24H,2,10-11H2,1H3,(H2,21,22,23);1H. The number of aliphatic imine (C=N–C) groups is 1. The fourth-order valence-corrected chi connectivity index (χ4v) is 2.10. The molecule has 6 nitrogen and oxygen atoms in total. The average molecular weight is 499 g/mol. The highest BCUT2D eigenvalue weighted by Crippen LogP contribution is 2.24. The van der Waals surface area contributed by atoms with Gasteiger partial charge in [0.15, 0.2) is 5.96 Å². The largest absolute Gasteiger partial charge is 0.573 e. The molecule has 0 spiro atoms. The highest BCUT2D eigenvalue weighted by Gasteiger charge is 2.31. The van der Waals surface area contributed by atoms with Crippen LogP contribution in [-0.4, -0.2) is 30.5 Å². The number of alkyl halides is 3. The summed E-state index contributed by atoms with van der Waals surface area (Å²) in [5.41, 5.74) is 0.453. The number of nitrogens with one attached hydrogen (secondary N) is 2. The van der Waals surface area contributed by atoms with Gasteiger partial charge in [0, 0.05) is 13.1 Å². The van der Waals surface area contributed by atoms with E-state index in [2.05, 4.69) is 20.4 Å². The van der Waals surface area contributed by atoms with E-state index in [0.29, 0.717) is 30.4 Å². The van der Waals surface area contributed by atoms with Gasteiger partial charge < -0.3 is 24.9 Å². The van der Waals surface area contributed by atoms with Gasteiger partial charge in [-0.1, -0.05) is 12.1 Å². The molecule has 3 N–H and O–H groups in total. The van der Waals surface area contributed by atoms with E-state index in [1.807, 2.05) is 6.92 Å². The molecule has 1 aromatic carbocycles. The van der Waals surface area contributed by atoms with E-state index < -0.39 is 12.5 Å². The lowest BCUT2D eigenvalue weighted by molar-refractivity contribution is -0.274. The van der Waals surface area contributed by atoms with E-state index in [0.717, 1.165) is 12.1 Å². The smallest absolute Gasteiger partial charge is 0.467 e. The molecule has 150 valence electrons. The molecule has 0 aliphatic carbocycles. The Bertz CT molecular complexity index is 692. The summed E-state index contributed by atoms with van der Waals surface area (Å²) < 4.78 is 45.4. The van der Waals surface area contributed by atoms with Gasteiger partial charge in [-0.15, -0.1) is 37.1 Å². The van der Waals surface area contributed by atoms with Gasteiger partial charge in [0.05, 0.1) is 12.4 Å². The molecule has 1 aromatic heterocycles. The van der Waals surface area contributed by atoms with Crippen LogP contribution in [0.25, 0.3) is 0 Å². The van der Waals surface area contributed by atoms with Crippen molar-refractivity contribution in [3.8, 4) is 5.75 Å². The minimum Gasteiger partial charge on any atom is -0.467 e. The molecule has 2 rings (SSSR count). The number of ether oxygens (including phenoxy) is 1. The molecule has 0 bridgehead atoms. The molecule has 10 heteroatoms. The molecule has 1 atom stereocenters. The van der Waals surface area contributed by atoms with Gasteiger partial charge >= 0.3 is 6.36 Å². The van der Waals surface area contributed by atoms with Crippen LogP contribution in [0.3, 0.4) is 0 Å². The number of rotatable bonds is 7. The molecule has 2 aromatic rings. The molecule has 0 fully saturated rings. The number of aliphatic hydroxyl groups is 1. The van der Waals surface area contributed by atoms with Crippen molar-refractivity contribution in [1.82, 2.24) is 10.6 Å². The molecule has 0 saturated carbocycles. The first kappa shape index (κ1) is 23.1. The third-order valence-electron chi connectivity index (χ3n) is 3.28. The monoisotopic (exact) mass is 499 g/mol. The zero-order valence-corrected chi connectivity index (χ0v) is 16.8. The number of hydrogen-bond donors (Lipinski definition) is 3. The van der Waals surface area contributed by atoms with Crippen LogP contribution in [-0.2, 0) is 6.54 Å². The lowest BCUT2D eigenvalue weighted by Gasteiger charge is -2.16. The Balaban J connectivity index is 0.00000364. The number of aliphatic hydroxyl groups excluding tert-OH is 1. The molecule has 0 aliphatic rings. The van der Waals surface area contributed by atoms with Crippen LogP contribution in [0.2, 0.25) is 0 Å². The Labute approximate surface area is 171 Å². The molecule has 0 aliphatic heterocycles. The van der Waals surface area contributed by atoms with Gasteiger partial charge in [-0.05, 0) is 36.8 Å². The van der Waals surface area contributed by atoms with Crippen LogP contribution in [0.5, 0.6) is 5.75 Å². The maximum absolute atomic E-state index is 12.1. The molecule has 1 unspecified atom stereocenters. The summed E-state index contributed by atoms with van der Waals surface area (Å²) in [5.74, 6) is 0.845. The number of halogens is 4. The third-order valence-corrected chi connectivity index (χ3v) is 3.28. The van der Waals surface area contributed by atoms with Crippen LogP contribution >= 0.6 is 24.0 Å². The molecular weight excluding hydrogens is 478 g/mol. The zero-order chi connectivity index (χ0) is 19.0. The molecular formula is C17H21F3IN3O3. The quantitative estimate of drug-likeness (QED) is 0.309. The Morgan fingerprint density at radius 1 is 1.22 bits per heavy atom. The number of nitrogens with zero attached hydrogens (tertiary/aromatic N) is 1. The van der Waals surface area contributed by atoms with Crippen molar-refractivity contribution in [2.45, 2.75) is 25.9 Å². The van der Waals surface area contributed by atoms with Gasteiger partial charge in [0.2, 0.25) is 0 Å². The average Bonchev–Trinajstić information content (AvgIpc) is 3.10. The summed E-state index contributed by atoms with van der Waals surface area (Å²) in [4.78, 5) is 4.32. The predicted molar refractivity (Wildman–Crippen MR) is 105 cm³/mol. The summed E-state index contributed by atoms with van der Waals surface area (Å²) in [7, 11) is 0. The number of benzene rings is 1. The van der Waals surface area contributed by atoms with Crippen molar-refractivity contribution in [3.63, 3.8) is 0 Å². The lowest BCUT2D eigenvalue weighted by Crippen LogP contribution is -2.39. The van der Waals surface area contributed by atoms with Gasteiger partial charge in [0.25, 0.3) is 0 Å². The maximum Gasteiger partial charge on any atom is 0.573 e. The van der Waals surface area contributed by atoms with Crippen LogP contribution in [0.15, 0.2) is 52.1 Å². The molecule has 0 saturated heterocycles. The first-order chi connectivity index (χ1) is 12.4. The van der Waals surface area contributed by atoms with Crippen molar-refractivity contribution in [2.24, 2.45) is 4.99 Å². The van der Waals surface area contributed by atoms with Crippen molar-refractivity contribution in [1.29, 1.82) is 0 Å². The summed E-state index contributed by atoms with van der Waals surface area (Å²) >= 11 is 0. The number of guanidine groups is 1. The topological polar surface area (TPSA) is 79.0 Å². The Morgan fingerprint density at radius 2 is 1.93 bits per heavy atom. The summed E-state index contributed by atoms with van der Waals surface area (Å²) in [6, 6.07) is 8.62. The van der Waals surface area contributed by atoms with Crippen LogP contribution < -0.4 is 15.4 Å². The van der Waals surface area contributed by atoms with E-state index >= 15 is 0 Å². The molecule has 1 heterocycles. The highest BCUT2D eigenvalue weighted by molar-refractivity contribution is 14.0. The lowest BCUT2D eigenvalue weighted by atomic mass is 10.1. The predicted octanol–water partition coefficient (Wildman–Crippen LogP) is 3.58. The third kappa shape index (κ3) is 8.52. The Hall–Kier alpha value is -1.95. The number of furan rings is 1. The van der Waals surface area contributed by atoms with Gasteiger partial charge in [-0.25, -0.2) is 4.99 Å². The molecule has 0 radical (unpaired) electrons. The first-order valence-corrected chi connectivity index (χ1v) is 7.95. The minimum absolute atomic E-state index is 0. The second-order valence-corrected chi connectivity index (χ2v) is 5.29. The summed E-state index contributed by atoms with van der Waals surface area (Å²) in [6.45, 7) is 2.99. The van der Waals surface area contributed by atoms with Gasteiger partial charge in [0.1, 0.15) is 18.1 Å². The van der Waals surface area contributed by atoms with E-state index in [-0.39, 0.29) is 36.3 Å². The Kier molecular flexibility index (Phi) is 9.43. The van der Waals surface area contributed by atoms with E-state index in [1.165, 1.54) is 12.1 Å². The zero-order valence-electron chi connectivity index (χ0n) is 14.5. The fourth-order valence-electron chi connectivity index (χ4n) is 2.10. The van der Waals surface area contributed by atoms with Crippen molar-refractivity contribution >= 4 is 29.9 Å². The van der Waals surface area contributed by atoms with E-state index in [9.17, 15) is 18.3 Å². The van der Waals surface area contributed by atoms with Gasteiger partial charge in [-0.3, -0.25) is 0 Å². The SMILES string of the molecule is CCNC(=NCc1ccco1)NCC(O)c1ccc(OC(F)(F)F)cc1.I. The van der Waals surface area contributed by atoms with E-state index in [4.69, 9.17) is 4.42 Å². The second kappa shape index (κ2) is 11.0. The van der Waals surface area contributed by atoms with Crippen LogP contribution in [0.1, 0.15) is 24.4 Å². The second-order valence-electron chi connectivity index (χ2n) is 5.29. The van der Waals surface area contributed by atoms with Crippen molar-refractivity contribution in [2.75, 3.05) is 13.1 Å². The molecule has 0 amide bonds. The normalized spacial score (nSPS) is 12.9. The van der Waals surface area contributed by atoms with Crippen molar-refractivity contribution in [3.05, 3.63) is 54.0 Å². The fraction of sp³-hybridized carbons (Fsp3) is 0.353. The van der Waals surface area contributed by atoms with Gasteiger partial charge in [-0.2, -0.15) is 0 Å². The minimum atomic E-state index is -4.74. The van der Waals surface area contributed by atoms with Crippen LogP contribution in [0.4, 0.5) is 13.2 Å². The Morgan fingerprint density at radius 3 is 2.48 bits per heavy atom.